The summed E-state index contributed by atoms with van der Waals surface area (Å²) in [5, 5.41) is 36.4. The maximum Gasteiger partial charge on any atom is 0.251 e. The van der Waals surface area contributed by atoms with Crippen molar-refractivity contribution >= 4 is 5.91 Å². The first-order valence-electron chi connectivity index (χ1n) is 10.6. The lowest BCUT2D eigenvalue weighted by molar-refractivity contribution is -0.184. The lowest BCUT2D eigenvalue weighted by Gasteiger charge is -2.65. The second kappa shape index (κ2) is 6.80. The number of likely N-dealkylation sites (tertiary alicyclic amines) is 1. The van der Waals surface area contributed by atoms with Gasteiger partial charge in [0.15, 0.2) is 0 Å². The van der Waals surface area contributed by atoms with Gasteiger partial charge in [0.05, 0.1) is 17.7 Å². The standard InChI is InChI=1S/C24H28N2O4/c1-26-10-9-23-14-20(28)19(25-22(29)15-5-3-2-4-6-15)13-24(23,30)21(26)11-16-7-8-17(27)12-18(16)23/h2-8,12,19-21,27-28,30H,9-11,13-14H2,1H3,(H,25,29)/t19-,20+,21+,23?,24+/m0/s1. The van der Waals surface area contributed by atoms with Crippen molar-refractivity contribution in [1.82, 2.24) is 10.2 Å². The summed E-state index contributed by atoms with van der Waals surface area (Å²) in [6, 6.07) is 13.7. The first kappa shape index (κ1) is 19.5. The predicted octanol–water partition coefficient (Wildman–Crippen LogP) is 1.57. The van der Waals surface area contributed by atoms with Gasteiger partial charge in [0.2, 0.25) is 0 Å². The van der Waals surface area contributed by atoms with Crippen LogP contribution in [0.15, 0.2) is 48.5 Å². The topological polar surface area (TPSA) is 93.0 Å². The zero-order chi connectivity index (χ0) is 21.1. The normalized spacial score (nSPS) is 35.2. The predicted molar refractivity (Wildman–Crippen MR) is 112 cm³/mol. The van der Waals surface area contributed by atoms with Crippen LogP contribution in [0.2, 0.25) is 0 Å². The minimum atomic E-state index is -1.10. The number of aliphatic hydroxyl groups excluding tert-OH is 1. The minimum absolute atomic E-state index is 0.105. The largest absolute Gasteiger partial charge is 0.508 e. The van der Waals surface area contributed by atoms with E-state index in [0.717, 1.165) is 17.7 Å². The van der Waals surface area contributed by atoms with Gasteiger partial charge in [-0.05, 0) is 68.2 Å². The number of carbonyl (C=O) groups excluding carboxylic acids is 1. The summed E-state index contributed by atoms with van der Waals surface area (Å²) in [5.41, 5.74) is 0.862. The molecule has 30 heavy (non-hydrogen) atoms. The van der Waals surface area contributed by atoms with Gasteiger partial charge >= 0.3 is 0 Å². The molecule has 1 saturated heterocycles. The Kier molecular flexibility index (Phi) is 4.43. The number of nitrogens with one attached hydrogen (secondary N) is 1. The number of fused-ring (bicyclic) bond motifs is 1. The van der Waals surface area contributed by atoms with Gasteiger partial charge in [0.1, 0.15) is 5.75 Å². The highest BCUT2D eigenvalue weighted by molar-refractivity contribution is 5.94. The van der Waals surface area contributed by atoms with Gasteiger partial charge in [-0.2, -0.15) is 0 Å². The van der Waals surface area contributed by atoms with Gasteiger partial charge in [-0.1, -0.05) is 24.3 Å². The lowest BCUT2D eigenvalue weighted by atomic mass is 9.48. The quantitative estimate of drug-likeness (QED) is 0.606. The molecular weight excluding hydrogens is 380 g/mol. The van der Waals surface area contributed by atoms with E-state index in [1.165, 1.54) is 0 Å². The van der Waals surface area contributed by atoms with E-state index in [9.17, 15) is 20.1 Å². The Labute approximate surface area is 176 Å². The van der Waals surface area contributed by atoms with Crippen LogP contribution in [0.3, 0.4) is 0 Å². The number of phenolic OH excluding ortho intramolecular Hbond substituents is 1. The molecule has 2 fully saturated rings. The average molecular weight is 408 g/mol. The number of hydrogen-bond acceptors (Lipinski definition) is 5. The summed E-state index contributed by atoms with van der Waals surface area (Å²) in [6.07, 6.45) is 1.22. The van der Waals surface area contributed by atoms with Gasteiger partial charge in [-0.15, -0.1) is 0 Å². The van der Waals surface area contributed by atoms with Crippen molar-refractivity contribution in [3.8, 4) is 5.75 Å². The number of likely N-dealkylation sites (N-methyl/N-ethyl adjacent to an activating group) is 1. The Bertz CT molecular complexity index is 980. The number of nitrogens with zero attached hydrogens (tertiary/aromatic N) is 1. The molecule has 158 valence electrons. The van der Waals surface area contributed by atoms with E-state index in [1.54, 1.807) is 36.4 Å². The van der Waals surface area contributed by atoms with E-state index in [1.807, 2.05) is 19.2 Å². The second-order valence-corrected chi connectivity index (χ2v) is 9.22. The first-order chi connectivity index (χ1) is 14.3. The fourth-order valence-corrected chi connectivity index (χ4v) is 6.19. The fraction of sp³-hybridized carbons (Fsp3) is 0.458. The van der Waals surface area contributed by atoms with Crippen LogP contribution in [-0.4, -0.2) is 63.5 Å². The maximum atomic E-state index is 12.7. The van der Waals surface area contributed by atoms with Gasteiger partial charge in [0, 0.05) is 23.4 Å². The van der Waals surface area contributed by atoms with Crippen LogP contribution in [0.25, 0.3) is 0 Å². The highest BCUT2D eigenvalue weighted by Gasteiger charge is 2.66. The van der Waals surface area contributed by atoms with E-state index in [0.29, 0.717) is 24.8 Å². The molecule has 5 rings (SSSR count). The van der Waals surface area contributed by atoms with Gasteiger partial charge < -0.3 is 25.5 Å². The zero-order valence-corrected chi connectivity index (χ0v) is 17.1. The summed E-state index contributed by atoms with van der Waals surface area (Å²) < 4.78 is 0. The molecule has 1 amide bonds. The van der Waals surface area contributed by atoms with Gasteiger partial charge in [0.25, 0.3) is 5.91 Å². The number of phenols is 1. The molecule has 0 aromatic heterocycles. The maximum absolute atomic E-state index is 12.7. The number of piperidine rings is 1. The molecule has 2 aromatic rings. The fourth-order valence-electron chi connectivity index (χ4n) is 6.19. The Morgan fingerprint density at radius 2 is 1.93 bits per heavy atom. The van der Waals surface area contributed by atoms with Crippen molar-refractivity contribution in [2.75, 3.05) is 13.6 Å². The average Bonchev–Trinajstić information content (AvgIpc) is 2.73. The molecule has 6 nitrogen and oxygen atoms in total. The Balaban J connectivity index is 1.52. The molecule has 0 radical (unpaired) electrons. The van der Waals surface area contributed by atoms with E-state index in [-0.39, 0.29) is 24.1 Å². The molecule has 5 atom stereocenters. The van der Waals surface area contributed by atoms with Crippen molar-refractivity contribution in [2.45, 2.75) is 54.9 Å². The number of hydrogen-bond donors (Lipinski definition) is 4. The van der Waals surface area contributed by atoms with Crippen LogP contribution in [0.1, 0.15) is 40.7 Å². The number of aromatic hydroxyl groups is 1. The van der Waals surface area contributed by atoms with E-state index in [2.05, 4.69) is 10.2 Å². The smallest absolute Gasteiger partial charge is 0.251 e. The van der Waals surface area contributed by atoms with E-state index < -0.39 is 23.2 Å². The van der Waals surface area contributed by atoms with Crippen molar-refractivity contribution in [3.63, 3.8) is 0 Å². The minimum Gasteiger partial charge on any atom is -0.508 e. The molecule has 3 aliphatic rings. The first-order valence-corrected chi connectivity index (χ1v) is 10.6. The van der Waals surface area contributed by atoms with Crippen molar-refractivity contribution in [3.05, 3.63) is 65.2 Å². The van der Waals surface area contributed by atoms with Crippen LogP contribution in [0, 0.1) is 0 Å². The molecule has 6 heteroatoms. The van der Waals surface area contributed by atoms with Crippen molar-refractivity contribution in [1.29, 1.82) is 0 Å². The number of amides is 1. The molecule has 1 heterocycles. The number of rotatable bonds is 2. The summed E-state index contributed by atoms with van der Waals surface area (Å²) in [4.78, 5) is 14.9. The van der Waals surface area contributed by atoms with Gasteiger partial charge in [-0.3, -0.25) is 4.79 Å². The zero-order valence-electron chi connectivity index (χ0n) is 17.1. The molecule has 2 aliphatic carbocycles. The van der Waals surface area contributed by atoms with Crippen LogP contribution < -0.4 is 5.32 Å². The lowest BCUT2D eigenvalue weighted by Crippen LogP contribution is -2.76. The molecule has 1 aliphatic heterocycles. The van der Waals surface area contributed by atoms with E-state index >= 15 is 0 Å². The SMILES string of the molecule is CN1CCC23C[C@@H](O)[C@@H](NC(=O)c4ccccc4)C[C@@]2(O)[C@H]1Cc1ccc(O)cc13. The van der Waals surface area contributed by atoms with Crippen molar-refractivity contribution < 1.29 is 20.1 Å². The molecular formula is C24H28N2O4. The highest BCUT2D eigenvalue weighted by Crippen LogP contribution is 2.58. The summed E-state index contributed by atoms with van der Waals surface area (Å²) in [7, 11) is 2.03. The molecule has 1 saturated carbocycles. The van der Waals surface area contributed by atoms with Crippen LogP contribution in [0.4, 0.5) is 0 Å². The third kappa shape index (κ3) is 2.71. The molecule has 2 bridgehead atoms. The van der Waals surface area contributed by atoms with Crippen molar-refractivity contribution in [2.24, 2.45) is 0 Å². The monoisotopic (exact) mass is 408 g/mol. The summed E-state index contributed by atoms with van der Waals surface area (Å²) in [5.74, 6) is -0.0663. The van der Waals surface area contributed by atoms with Gasteiger partial charge in [-0.25, -0.2) is 0 Å². The third-order valence-corrected chi connectivity index (χ3v) is 7.73. The second-order valence-electron chi connectivity index (χ2n) is 9.22. The third-order valence-electron chi connectivity index (χ3n) is 7.73. The number of aliphatic hydroxyl groups is 2. The molecule has 4 N–H and O–H groups in total. The number of benzene rings is 2. The highest BCUT2D eigenvalue weighted by atomic mass is 16.3. The van der Waals surface area contributed by atoms with Crippen LogP contribution in [-0.2, 0) is 11.8 Å². The van der Waals surface area contributed by atoms with E-state index in [4.69, 9.17) is 0 Å². The summed E-state index contributed by atoms with van der Waals surface area (Å²) >= 11 is 0. The summed E-state index contributed by atoms with van der Waals surface area (Å²) in [6.45, 7) is 0.815. The molecule has 0 spiro atoms. The van der Waals surface area contributed by atoms with Crippen LogP contribution in [0.5, 0.6) is 5.75 Å². The Hall–Kier alpha value is -2.41. The molecule has 2 aromatic carbocycles. The number of carbonyl (C=O) groups is 1. The molecule has 1 unspecified atom stereocenters. The Morgan fingerprint density at radius 3 is 2.70 bits per heavy atom. The van der Waals surface area contributed by atoms with Crippen LogP contribution >= 0.6 is 0 Å². The Morgan fingerprint density at radius 1 is 1.17 bits per heavy atom.